The second kappa shape index (κ2) is 6.29. The van der Waals surface area contributed by atoms with Crippen molar-refractivity contribution in [2.75, 3.05) is 19.8 Å². The van der Waals surface area contributed by atoms with Crippen molar-refractivity contribution < 1.29 is 9.47 Å². The van der Waals surface area contributed by atoms with Crippen molar-refractivity contribution in [2.24, 2.45) is 5.41 Å². The quantitative estimate of drug-likeness (QED) is 0.781. The molecule has 3 nitrogen and oxygen atoms in total. The van der Waals surface area contributed by atoms with Gasteiger partial charge in [0.25, 0.3) is 0 Å². The van der Waals surface area contributed by atoms with Crippen LogP contribution in [0.25, 0.3) is 0 Å². The summed E-state index contributed by atoms with van der Waals surface area (Å²) in [7, 11) is 0. The van der Waals surface area contributed by atoms with E-state index < -0.39 is 0 Å². The van der Waals surface area contributed by atoms with E-state index in [2.05, 4.69) is 19.2 Å². The van der Waals surface area contributed by atoms with Gasteiger partial charge in [-0.1, -0.05) is 13.8 Å². The number of rotatable bonds is 8. The summed E-state index contributed by atoms with van der Waals surface area (Å²) in [5, 5.41) is 3.56. The van der Waals surface area contributed by atoms with Crippen LogP contribution in [0.1, 0.15) is 33.6 Å². The standard InChI is InChI=1S/C16H25NO2/c1-4-18-14-7-9-15(10-8-14)19-12-16(2,3)11-17-13-5-6-13/h7-10,13,17H,4-6,11-12H2,1-3H3. The Labute approximate surface area is 116 Å². The van der Waals surface area contributed by atoms with Crippen LogP contribution in [0.2, 0.25) is 0 Å². The topological polar surface area (TPSA) is 30.5 Å². The molecule has 0 bridgehead atoms. The maximum absolute atomic E-state index is 5.86. The van der Waals surface area contributed by atoms with Gasteiger partial charge in [0.15, 0.2) is 0 Å². The molecule has 0 spiro atoms. The van der Waals surface area contributed by atoms with Crippen molar-refractivity contribution in [1.29, 1.82) is 0 Å². The molecule has 1 aromatic rings. The van der Waals surface area contributed by atoms with Gasteiger partial charge in [-0.15, -0.1) is 0 Å². The lowest BCUT2D eigenvalue weighted by atomic mass is 9.95. The Kier molecular flexibility index (Phi) is 4.70. The summed E-state index contributed by atoms with van der Waals surface area (Å²) in [4.78, 5) is 0. The normalized spacial score (nSPS) is 15.3. The van der Waals surface area contributed by atoms with Gasteiger partial charge in [0.1, 0.15) is 11.5 Å². The van der Waals surface area contributed by atoms with Crippen molar-refractivity contribution in [2.45, 2.75) is 39.7 Å². The maximum Gasteiger partial charge on any atom is 0.119 e. The molecular formula is C16H25NO2. The van der Waals surface area contributed by atoms with Gasteiger partial charge in [-0.2, -0.15) is 0 Å². The molecule has 0 aromatic heterocycles. The lowest BCUT2D eigenvalue weighted by Gasteiger charge is -2.25. The Hall–Kier alpha value is -1.22. The number of hydrogen-bond donors (Lipinski definition) is 1. The molecule has 0 radical (unpaired) electrons. The molecule has 106 valence electrons. The Morgan fingerprint density at radius 1 is 1.11 bits per heavy atom. The van der Waals surface area contributed by atoms with E-state index in [-0.39, 0.29) is 5.41 Å². The van der Waals surface area contributed by atoms with Crippen LogP contribution in [0.15, 0.2) is 24.3 Å². The van der Waals surface area contributed by atoms with E-state index >= 15 is 0 Å². The minimum Gasteiger partial charge on any atom is -0.494 e. The van der Waals surface area contributed by atoms with Crippen LogP contribution >= 0.6 is 0 Å². The van der Waals surface area contributed by atoms with E-state index in [4.69, 9.17) is 9.47 Å². The Morgan fingerprint density at radius 2 is 1.68 bits per heavy atom. The lowest BCUT2D eigenvalue weighted by Crippen LogP contribution is -2.35. The molecule has 0 saturated heterocycles. The van der Waals surface area contributed by atoms with Gasteiger partial charge >= 0.3 is 0 Å². The summed E-state index contributed by atoms with van der Waals surface area (Å²) in [6.07, 6.45) is 2.66. The zero-order valence-electron chi connectivity index (χ0n) is 12.2. The van der Waals surface area contributed by atoms with E-state index in [0.717, 1.165) is 30.7 Å². The summed E-state index contributed by atoms with van der Waals surface area (Å²) in [6.45, 7) is 8.88. The van der Waals surface area contributed by atoms with E-state index in [1.54, 1.807) is 0 Å². The van der Waals surface area contributed by atoms with Crippen LogP contribution in [0.5, 0.6) is 11.5 Å². The zero-order valence-corrected chi connectivity index (χ0v) is 12.2. The molecule has 1 aromatic carbocycles. The molecule has 0 aliphatic heterocycles. The van der Waals surface area contributed by atoms with Gasteiger partial charge in [-0.05, 0) is 44.0 Å². The molecule has 1 aliphatic rings. The molecule has 0 amide bonds. The molecule has 0 heterocycles. The van der Waals surface area contributed by atoms with E-state index in [1.807, 2.05) is 31.2 Å². The summed E-state index contributed by atoms with van der Waals surface area (Å²) in [5.41, 5.74) is 0.154. The smallest absolute Gasteiger partial charge is 0.119 e. The first-order chi connectivity index (χ1) is 9.09. The third-order valence-corrected chi connectivity index (χ3v) is 3.21. The van der Waals surface area contributed by atoms with Gasteiger partial charge in [0.05, 0.1) is 13.2 Å². The Bertz CT molecular complexity index is 382. The summed E-state index contributed by atoms with van der Waals surface area (Å²) in [5.74, 6) is 1.80. The van der Waals surface area contributed by atoms with Gasteiger partial charge in [-0.25, -0.2) is 0 Å². The number of hydrogen-bond acceptors (Lipinski definition) is 3. The van der Waals surface area contributed by atoms with Crippen LogP contribution < -0.4 is 14.8 Å². The van der Waals surface area contributed by atoms with Gasteiger partial charge in [-0.3, -0.25) is 0 Å². The number of ether oxygens (including phenoxy) is 2. The van der Waals surface area contributed by atoms with E-state index in [9.17, 15) is 0 Å². The monoisotopic (exact) mass is 263 g/mol. The van der Waals surface area contributed by atoms with E-state index in [1.165, 1.54) is 12.8 Å². The number of nitrogens with one attached hydrogen (secondary N) is 1. The first-order valence-electron chi connectivity index (χ1n) is 7.18. The maximum atomic E-state index is 5.86. The molecule has 1 saturated carbocycles. The van der Waals surface area contributed by atoms with E-state index in [0.29, 0.717) is 6.61 Å². The predicted molar refractivity (Wildman–Crippen MR) is 77.9 cm³/mol. The largest absolute Gasteiger partial charge is 0.494 e. The first kappa shape index (κ1) is 14.2. The highest BCUT2D eigenvalue weighted by Gasteiger charge is 2.25. The molecular weight excluding hydrogens is 238 g/mol. The zero-order chi connectivity index (χ0) is 13.7. The lowest BCUT2D eigenvalue weighted by molar-refractivity contribution is 0.176. The van der Waals surface area contributed by atoms with Crippen LogP contribution in [0.3, 0.4) is 0 Å². The molecule has 3 heteroatoms. The van der Waals surface area contributed by atoms with Crippen molar-refractivity contribution in [3.63, 3.8) is 0 Å². The third-order valence-electron chi connectivity index (χ3n) is 3.21. The molecule has 1 fully saturated rings. The summed E-state index contributed by atoms with van der Waals surface area (Å²) < 4.78 is 11.3. The third kappa shape index (κ3) is 5.11. The summed E-state index contributed by atoms with van der Waals surface area (Å²) >= 11 is 0. The molecule has 2 rings (SSSR count). The fourth-order valence-corrected chi connectivity index (χ4v) is 1.84. The highest BCUT2D eigenvalue weighted by atomic mass is 16.5. The molecule has 1 N–H and O–H groups in total. The van der Waals surface area contributed by atoms with Crippen LogP contribution in [0, 0.1) is 5.41 Å². The van der Waals surface area contributed by atoms with Crippen LogP contribution in [0.4, 0.5) is 0 Å². The van der Waals surface area contributed by atoms with Gasteiger partial charge in [0, 0.05) is 18.0 Å². The van der Waals surface area contributed by atoms with Gasteiger partial charge < -0.3 is 14.8 Å². The molecule has 0 unspecified atom stereocenters. The molecule has 19 heavy (non-hydrogen) atoms. The van der Waals surface area contributed by atoms with Crippen molar-refractivity contribution in [1.82, 2.24) is 5.32 Å². The highest BCUT2D eigenvalue weighted by molar-refractivity contribution is 5.31. The first-order valence-corrected chi connectivity index (χ1v) is 7.18. The van der Waals surface area contributed by atoms with Crippen molar-refractivity contribution >= 4 is 0 Å². The average Bonchev–Trinajstić information content (AvgIpc) is 3.20. The SMILES string of the molecule is CCOc1ccc(OCC(C)(C)CNC2CC2)cc1. The van der Waals surface area contributed by atoms with Crippen molar-refractivity contribution in [3.05, 3.63) is 24.3 Å². The van der Waals surface area contributed by atoms with Crippen LogP contribution in [-0.2, 0) is 0 Å². The number of benzene rings is 1. The van der Waals surface area contributed by atoms with Crippen LogP contribution in [-0.4, -0.2) is 25.8 Å². The minimum absolute atomic E-state index is 0.154. The highest BCUT2D eigenvalue weighted by Crippen LogP contribution is 2.23. The fraction of sp³-hybridized carbons (Fsp3) is 0.625. The Balaban J connectivity index is 1.76. The average molecular weight is 263 g/mol. The summed E-state index contributed by atoms with van der Waals surface area (Å²) in [6, 6.07) is 8.60. The molecule has 0 atom stereocenters. The Morgan fingerprint density at radius 3 is 2.21 bits per heavy atom. The predicted octanol–water partition coefficient (Wildman–Crippen LogP) is 3.24. The minimum atomic E-state index is 0.154. The van der Waals surface area contributed by atoms with Crippen molar-refractivity contribution in [3.8, 4) is 11.5 Å². The molecule has 1 aliphatic carbocycles. The second-order valence-electron chi connectivity index (χ2n) is 6.01. The second-order valence-corrected chi connectivity index (χ2v) is 6.01. The van der Waals surface area contributed by atoms with Gasteiger partial charge in [0.2, 0.25) is 0 Å². The fourth-order valence-electron chi connectivity index (χ4n) is 1.84.